The summed E-state index contributed by atoms with van der Waals surface area (Å²) in [6.45, 7) is 27.7. The van der Waals surface area contributed by atoms with Crippen molar-refractivity contribution in [2.75, 3.05) is 9.80 Å². The second kappa shape index (κ2) is 35.0. The molecule has 1 aliphatic rings. The molecular formula is C105H123N3. The van der Waals surface area contributed by atoms with Crippen LogP contribution in [-0.4, -0.2) is 4.57 Å². The fourth-order valence-corrected chi connectivity index (χ4v) is 17.6. The zero-order valence-corrected chi connectivity index (χ0v) is 67.8. The summed E-state index contributed by atoms with van der Waals surface area (Å²) in [5.74, 6) is 0. The summed E-state index contributed by atoms with van der Waals surface area (Å²) in [6, 6.07) is 92.1. The smallest absolute Gasteiger partial charge is 0.0588 e. The van der Waals surface area contributed by atoms with Gasteiger partial charge in [0, 0.05) is 56.0 Å². The standard InChI is InChI=1S/C105H123N3/c1-13-17-21-25-27-34-70-105(71-35-28-26-22-18-14-2)98-72-77(6)42-66-93(98)94-67-68-95-97-73-82(78-36-32-29-33-37-78)49-69-99(97)108(102(95)101(94)105)100-75-83(38-30-23-19-15-3)96(74-84(100)39-31-24-20-16-4)81-47-60-90(61-48-81)107(92-64-52-86(53-65-92)104(10,11)12)89-58-45-80(46-59-89)79-43-56-88(57-44-79)106(87-54-40-76(5)41-55-87)91-62-50-85(51-63-91)103(7,8)9/h29,32-33,36-37,40-69,72-75H,13-28,30-31,34-35,38-39,70-71H2,1-12H3. The Labute approximate surface area is 650 Å². The van der Waals surface area contributed by atoms with Crippen LogP contribution in [-0.2, 0) is 29.1 Å². The predicted molar refractivity (Wildman–Crippen MR) is 471 cm³/mol. The molecule has 3 heteroatoms. The Bertz CT molecular complexity index is 4880. The van der Waals surface area contributed by atoms with Crippen molar-refractivity contribution in [1.29, 1.82) is 0 Å². The fraction of sp³-hybridized carbons (Fsp3) is 0.371. The summed E-state index contributed by atoms with van der Waals surface area (Å²) < 4.78 is 2.86. The number of unbranched alkanes of at least 4 members (excludes halogenated alkanes) is 16. The van der Waals surface area contributed by atoms with Crippen LogP contribution in [0.2, 0.25) is 0 Å². The van der Waals surface area contributed by atoms with Crippen molar-refractivity contribution in [2.24, 2.45) is 0 Å². The number of hydrogen-bond donors (Lipinski definition) is 0. The Morgan fingerprint density at radius 1 is 0.315 bits per heavy atom. The highest BCUT2D eigenvalue weighted by atomic mass is 15.1. The number of aryl methyl sites for hydroxylation is 4. The summed E-state index contributed by atoms with van der Waals surface area (Å²) in [5.41, 5.74) is 32.8. The van der Waals surface area contributed by atoms with E-state index in [-0.39, 0.29) is 16.2 Å². The molecule has 1 heterocycles. The van der Waals surface area contributed by atoms with E-state index in [1.54, 1.807) is 11.1 Å². The van der Waals surface area contributed by atoms with Crippen LogP contribution in [0.25, 0.3) is 72.0 Å². The van der Waals surface area contributed by atoms with E-state index in [0.717, 1.165) is 59.8 Å². The van der Waals surface area contributed by atoms with Crippen LogP contribution >= 0.6 is 0 Å². The Balaban J connectivity index is 0.940. The minimum absolute atomic E-state index is 0.0263. The van der Waals surface area contributed by atoms with Crippen LogP contribution in [0.4, 0.5) is 34.1 Å². The van der Waals surface area contributed by atoms with E-state index < -0.39 is 0 Å². The van der Waals surface area contributed by atoms with Gasteiger partial charge in [-0.05, 0) is 238 Å². The summed E-state index contributed by atoms with van der Waals surface area (Å²) in [5, 5.41) is 2.75. The number of fused-ring (bicyclic) bond motifs is 7. The van der Waals surface area contributed by atoms with Crippen molar-refractivity contribution in [1.82, 2.24) is 4.57 Å². The lowest BCUT2D eigenvalue weighted by atomic mass is 9.70. The van der Waals surface area contributed by atoms with Crippen LogP contribution in [0, 0.1) is 13.8 Å². The number of hydrogen-bond acceptors (Lipinski definition) is 2. The van der Waals surface area contributed by atoms with Crippen molar-refractivity contribution in [3.8, 4) is 50.2 Å². The number of anilines is 6. The molecule has 0 amide bonds. The van der Waals surface area contributed by atoms with Gasteiger partial charge in [0.1, 0.15) is 0 Å². The lowest BCUT2D eigenvalue weighted by Gasteiger charge is -2.34. The maximum atomic E-state index is 2.86. The number of rotatable bonds is 34. The number of aromatic nitrogens is 1. The molecule has 0 saturated heterocycles. The van der Waals surface area contributed by atoms with E-state index in [1.165, 1.54) is 234 Å². The van der Waals surface area contributed by atoms with Gasteiger partial charge < -0.3 is 14.4 Å². The molecule has 3 nitrogen and oxygen atoms in total. The average molecular weight is 1430 g/mol. The highest BCUT2D eigenvalue weighted by Crippen LogP contribution is 2.58. The minimum atomic E-state index is -0.116. The molecule has 0 unspecified atom stereocenters. The maximum absolute atomic E-state index is 2.86. The summed E-state index contributed by atoms with van der Waals surface area (Å²) in [7, 11) is 0. The van der Waals surface area contributed by atoms with E-state index in [1.807, 2.05) is 0 Å². The van der Waals surface area contributed by atoms with Crippen molar-refractivity contribution >= 4 is 55.9 Å². The molecule has 13 rings (SSSR count). The van der Waals surface area contributed by atoms with E-state index in [2.05, 4.69) is 334 Å². The first-order chi connectivity index (χ1) is 52.5. The molecular weight excluding hydrogens is 1300 g/mol. The average Bonchev–Trinajstić information content (AvgIpc) is 1.52. The van der Waals surface area contributed by atoms with E-state index >= 15 is 0 Å². The SMILES string of the molecule is CCCCCCCCC1(CCCCCCCC)c2cc(C)ccc2-c2ccc3c4cc(-c5ccccc5)ccc4n(-c4cc(CCCCCC)c(-c5ccc(N(c6ccc(-c7ccc(N(c8ccc(C)cc8)c8ccc(C(C)(C)C)cc8)cc7)cc6)c6ccc(C(C)(C)C)cc6)cc5)cc4CCCCCC)c3c21. The van der Waals surface area contributed by atoms with Gasteiger partial charge in [0.05, 0.1) is 11.0 Å². The summed E-state index contributed by atoms with van der Waals surface area (Å²) >= 11 is 0. The highest BCUT2D eigenvalue weighted by molar-refractivity contribution is 6.14. The van der Waals surface area contributed by atoms with E-state index in [4.69, 9.17) is 0 Å². The first-order valence-electron chi connectivity index (χ1n) is 42.1. The third-order valence-corrected chi connectivity index (χ3v) is 23.9. The molecule has 12 aromatic rings. The van der Waals surface area contributed by atoms with Gasteiger partial charge in [0.25, 0.3) is 0 Å². The molecule has 0 radical (unpaired) electrons. The quantitative estimate of drug-likeness (QED) is 0.0373. The van der Waals surface area contributed by atoms with Crippen molar-refractivity contribution < 1.29 is 0 Å². The van der Waals surface area contributed by atoms with Crippen LogP contribution in [0.5, 0.6) is 0 Å². The zero-order chi connectivity index (χ0) is 75.4. The monoisotopic (exact) mass is 1430 g/mol. The first-order valence-corrected chi connectivity index (χ1v) is 42.1. The topological polar surface area (TPSA) is 11.4 Å². The molecule has 1 aliphatic carbocycles. The Hall–Kier alpha value is -9.18. The predicted octanol–water partition coefficient (Wildman–Crippen LogP) is 31.9. The summed E-state index contributed by atoms with van der Waals surface area (Å²) in [4.78, 5) is 4.84. The molecule has 1 aromatic heterocycles. The summed E-state index contributed by atoms with van der Waals surface area (Å²) in [6.07, 6.45) is 29.6. The Kier molecular flexibility index (Phi) is 25.0. The van der Waals surface area contributed by atoms with Crippen LogP contribution in [0.1, 0.15) is 255 Å². The Morgan fingerprint density at radius 3 is 1.21 bits per heavy atom. The second-order valence-electron chi connectivity index (χ2n) is 34.0. The normalized spacial score (nSPS) is 12.7. The van der Waals surface area contributed by atoms with Crippen molar-refractivity contribution in [3.63, 3.8) is 0 Å². The van der Waals surface area contributed by atoms with Gasteiger partial charge in [0.15, 0.2) is 0 Å². The zero-order valence-electron chi connectivity index (χ0n) is 67.8. The fourth-order valence-electron chi connectivity index (χ4n) is 17.6. The van der Waals surface area contributed by atoms with Crippen molar-refractivity contribution in [3.05, 3.63) is 281 Å². The second-order valence-corrected chi connectivity index (χ2v) is 34.0. The molecule has 0 fully saturated rings. The molecule has 0 atom stereocenters. The largest absolute Gasteiger partial charge is 0.311 e. The number of benzene rings is 11. The van der Waals surface area contributed by atoms with E-state index in [9.17, 15) is 0 Å². The Morgan fingerprint density at radius 2 is 0.722 bits per heavy atom. The van der Waals surface area contributed by atoms with E-state index in [0.29, 0.717) is 0 Å². The minimum Gasteiger partial charge on any atom is -0.311 e. The molecule has 11 aromatic carbocycles. The van der Waals surface area contributed by atoms with Crippen LogP contribution < -0.4 is 9.80 Å². The lowest BCUT2D eigenvalue weighted by Crippen LogP contribution is -2.26. The molecule has 0 spiro atoms. The molecule has 0 bridgehead atoms. The first kappa shape index (κ1) is 77.0. The van der Waals surface area contributed by atoms with Crippen LogP contribution in [0.3, 0.4) is 0 Å². The molecule has 0 N–H and O–H groups in total. The third kappa shape index (κ3) is 17.1. The van der Waals surface area contributed by atoms with Gasteiger partial charge >= 0.3 is 0 Å². The molecule has 108 heavy (non-hydrogen) atoms. The molecule has 0 saturated carbocycles. The lowest BCUT2D eigenvalue weighted by molar-refractivity contribution is 0.399. The molecule has 0 aliphatic heterocycles. The van der Waals surface area contributed by atoms with Gasteiger partial charge in [-0.25, -0.2) is 0 Å². The highest BCUT2D eigenvalue weighted by Gasteiger charge is 2.45. The van der Waals surface area contributed by atoms with Crippen molar-refractivity contribution in [2.45, 2.75) is 253 Å². The van der Waals surface area contributed by atoms with Gasteiger partial charge in [-0.15, -0.1) is 0 Å². The van der Waals surface area contributed by atoms with Gasteiger partial charge in [-0.2, -0.15) is 0 Å². The molecule has 558 valence electrons. The third-order valence-electron chi connectivity index (χ3n) is 23.9. The van der Waals surface area contributed by atoms with Gasteiger partial charge in [-0.1, -0.05) is 335 Å². The van der Waals surface area contributed by atoms with Crippen LogP contribution in [0.15, 0.2) is 237 Å². The maximum Gasteiger partial charge on any atom is 0.0588 e. The van der Waals surface area contributed by atoms with Gasteiger partial charge in [0.2, 0.25) is 0 Å². The van der Waals surface area contributed by atoms with Gasteiger partial charge in [-0.3, -0.25) is 0 Å². The number of nitrogens with zero attached hydrogens (tertiary/aromatic N) is 3.